The molecule has 9 heteroatoms. The molecule has 2 rings (SSSR count). The van der Waals surface area contributed by atoms with Gasteiger partial charge in [0, 0.05) is 12.4 Å². The summed E-state index contributed by atoms with van der Waals surface area (Å²) in [5.41, 5.74) is 0.577. The van der Waals surface area contributed by atoms with E-state index in [0.717, 1.165) is 11.3 Å². The molecule has 0 aromatic carbocycles. The number of nitrogens with zero attached hydrogens (tertiary/aromatic N) is 1. The molecule has 0 fully saturated rings. The van der Waals surface area contributed by atoms with Crippen molar-refractivity contribution in [1.29, 1.82) is 0 Å². The molecule has 2 aromatic rings. The van der Waals surface area contributed by atoms with Gasteiger partial charge in [0.05, 0.1) is 5.69 Å². The Hall–Kier alpha value is -2.29. The fourth-order valence-corrected chi connectivity index (χ4v) is 2.52. The number of rotatable bonds is 5. The number of hydrogen-bond acceptors (Lipinski definition) is 4. The molecule has 0 aliphatic heterocycles. The highest BCUT2D eigenvalue weighted by Crippen LogP contribution is 2.22. The molecule has 124 valence electrons. The van der Waals surface area contributed by atoms with E-state index in [-0.39, 0.29) is 4.88 Å². The highest BCUT2D eigenvalue weighted by Gasteiger charge is 2.30. The number of alkyl halides is 3. The Kier molecular flexibility index (Phi) is 5.09. The lowest BCUT2D eigenvalue weighted by molar-refractivity contribution is -0.143. The van der Waals surface area contributed by atoms with Crippen LogP contribution in [0.4, 0.5) is 13.2 Å². The number of thiophene rings is 1. The number of amides is 1. The van der Waals surface area contributed by atoms with Gasteiger partial charge in [-0.3, -0.25) is 4.79 Å². The fraction of sp³-hybridized carbons (Fsp3) is 0.286. The topological polar surface area (TPSA) is 60.3 Å². The minimum atomic E-state index is -4.52. The van der Waals surface area contributed by atoms with E-state index in [2.05, 4.69) is 0 Å². The number of esters is 1. The molecular weight excluding hydrogens is 333 g/mol. The van der Waals surface area contributed by atoms with Gasteiger partial charge in [0.1, 0.15) is 11.4 Å². The second-order valence-corrected chi connectivity index (χ2v) is 5.52. The highest BCUT2D eigenvalue weighted by atomic mass is 32.1. The minimum Gasteiger partial charge on any atom is -0.448 e. The summed E-state index contributed by atoms with van der Waals surface area (Å²) in [6.45, 7) is -0.256. The first kappa shape index (κ1) is 17.1. The number of carbonyl (C=O) groups excluding carboxylic acids is 2. The third kappa shape index (κ3) is 4.59. The van der Waals surface area contributed by atoms with Crippen LogP contribution in [0.15, 0.2) is 36.0 Å². The van der Waals surface area contributed by atoms with Crippen molar-refractivity contribution in [2.75, 3.05) is 6.54 Å². The first-order valence-electron chi connectivity index (χ1n) is 6.54. The number of ether oxygens (including phenoxy) is 1. The summed E-state index contributed by atoms with van der Waals surface area (Å²) in [5.74, 6) is -1.77. The van der Waals surface area contributed by atoms with Gasteiger partial charge in [0.15, 0.2) is 6.10 Å². The van der Waals surface area contributed by atoms with Crippen LogP contribution in [0, 0.1) is 0 Å². The van der Waals surface area contributed by atoms with Gasteiger partial charge in [-0.25, -0.2) is 4.79 Å². The van der Waals surface area contributed by atoms with Crippen LogP contribution in [-0.2, 0) is 9.53 Å². The van der Waals surface area contributed by atoms with Gasteiger partial charge in [-0.2, -0.15) is 13.2 Å². The second kappa shape index (κ2) is 6.86. The number of aromatic nitrogens is 1. The van der Waals surface area contributed by atoms with Gasteiger partial charge >= 0.3 is 12.1 Å². The molecule has 0 saturated carbocycles. The zero-order valence-electron chi connectivity index (χ0n) is 12.0. The van der Waals surface area contributed by atoms with Crippen LogP contribution in [0.2, 0.25) is 0 Å². The summed E-state index contributed by atoms with van der Waals surface area (Å²) in [6.07, 6.45) is -2.38. The maximum absolute atomic E-state index is 12.1. The Labute approximate surface area is 133 Å². The highest BCUT2D eigenvalue weighted by molar-refractivity contribution is 7.12. The lowest BCUT2D eigenvalue weighted by atomic mass is 10.3. The first-order valence-corrected chi connectivity index (χ1v) is 7.42. The van der Waals surface area contributed by atoms with E-state index in [0.29, 0.717) is 5.69 Å². The summed E-state index contributed by atoms with van der Waals surface area (Å²) in [4.78, 5) is 23.9. The molecule has 1 N–H and O–H groups in total. The van der Waals surface area contributed by atoms with Crippen LogP contribution >= 0.6 is 11.3 Å². The zero-order valence-corrected chi connectivity index (χ0v) is 12.8. The van der Waals surface area contributed by atoms with Gasteiger partial charge in [0.25, 0.3) is 5.91 Å². The van der Waals surface area contributed by atoms with E-state index in [9.17, 15) is 22.8 Å². The Morgan fingerprint density at radius 2 is 2.00 bits per heavy atom. The first-order chi connectivity index (χ1) is 10.8. The molecule has 2 aromatic heterocycles. The van der Waals surface area contributed by atoms with E-state index in [1.807, 2.05) is 0 Å². The molecule has 0 aliphatic rings. The van der Waals surface area contributed by atoms with Crippen molar-refractivity contribution in [3.8, 4) is 5.69 Å². The van der Waals surface area contributed by atoms with Crippen molar-refractivity contribution >= 4 is 23.2 Å². The van der Waals surface area contributed by atoms with Gasteiger partial charge in [-0.15, -0.1) is 11.3 Å². The lowest BCUT2D eigenvalue weighted by Gasteiger charge is -2.14. The van der Waals surface area contributed by atoms with E-state index < -0.39 is 30.7 Å². The SMILES string of the molecule is CC(OC(=O)c1sccc1-n1cccc1)C(=O)NCC(F)(F)F. The van der Waals surface area contributed by atoms with Gasteiger partial charge in [-0.1, -0.05) is 0 Å². The standard InChI is InChI=1S/C14H13F3N2O3S/c1-9(12(20)18-8-14(15,16)17)22-13(21)11-10(4-7-23-11)19-5-2-3-6-19/h2-7,9H,8H2,1H3,(H,18,20). The summed E-state index contributed by atoms with van der Waals surface area (Å²) in [7, 11) is 0. The average Bonchev–Trinajstić information content (AvgIpc) is 3.13. The normalized spacial score (nSPS) is 12.7. The Balaban J connectivity index is 2.00. The molecular formula is C14H13F3N2O3S. The number of carbonyl (C=O) groups is 2. The average molecular weight is 346 g/mol. The third-order valence-corrected chi connectivity index (χ3v) is 3.71. The Morgan fingerprint density at radius 1 is 1.35 bits per heavy atom. The Bertz CT molecular complexity index is 680. The smallest absolute Gasteiger partial charge is 0.405 e. The van der Waals surface area contributed by atoms with Crippen molar-refractivity contribution in [1.82, 2.24) is 9.88 Å². The maximum Gasteiger partial charge on any atom is 0.405 e. The van der Waals surface area contributed by atoms with Crippen molar-refractivity contribution in [3.05, 3.63) is 40.8 Å². The van der Waals surface area contributed by atoms with E-state index in [4.69, 9.17) is 4.74 Å². The van der Waals surface area contributed by atoms with Crippen molar-refractivity contribution in [2.24, 2.45) is 0 Å². The molecule has 1 unspecified atom stereocenters. The van der Waals surface area contributed by atoms with Crippen LogP contribution in [-0.4, -0.2) is 35.3 Å². The summed E-state index contributed by atoms with van der Waals surface area (Å²) < 4.78 is 42.8. The quantitative estimate of drug-likeness (QED) is 0.847. The number of nitrogens with one attached hydrogen (secondary N) is 1. The molecule has 0 bridgehead atoms. The molecule has 23 heavy (non-hydrogen) atoms. The van der Waals surface area contributed by atoms with Gasteiger partial charge in [-0.05, 0) is 30.5 Å². The molecule has 2 heterocycles. The lowest BCUT2D eigenvalue weighted by Crippen LogP contribution is -2.40. The predicted octanol–water partition coefficient (Wildman–Crippen LogP) is 2.76. The molecule has 0 saturated heterocycles. The zero-order chi connectivity index (χ0) is 17.0. The van der Waals surface area contributed by atoms with Crippen LogP contribution < -0.4 is 5.32 Å². The second-order valence-electron chi connectivity index (χ2n) is 4.61. The summed E-state index contributed by atoms with van der Waals surface area (Å²) >= 11 is 1.12. The maximum atomic E-state index is 12.1. The predicted molar refractivity (Wildman–Crippen MR) is 77.6 cm³/mol. The Morgan fingerprint density at radius 3 is 2.61 bits per heavy atom. The molecule has 0 radical (unpaired) electrons. The van der Waals surface area contributed by atoms with Crippen molar-refractivity contribution < 1.29 is 27.5 Å². The van der Waals surface area contributed by atoms with Gasteiger partial charge in [0.2, 0.25) is 0 Å². The van der Waals surface area contributed by atoms with Crippen LogP contribution in [0.3, 0.4) is 0 Å². The van der Waals surface area contributed by atoms with E-state index in [1.54, 1.807) is 45.9 Å². The van der Waals surface area contributed by atoms with Crippen LogP contribution in [0.1, 0.15) is 16.6 Å². The summed E-state index contributed by atoms with van der Waals surface area (Å²) in [6, 6.07) is 5.26. The van der Waals surface area contributed by atoms with Crippen LogP contribution in [0.25, 0.3) is 5.69 Å². The largest absolute Gasteiger partial charge is 0.448 e. The van der Waals surface area contributed by atoms with Crippen molar-refractivity contribution in [3.63, 3.8) is 0 Å². The third-order valence-electron chi connectivity index (χ3n) is 2.83. The van der Waals surface area contributed by atoms with Gasteiger partial charge < -0.3 is 14.6 Å². The fourth-order valence-electron chi connectivity index (χ4n) is 1.75. The molecule has 0 aliphatic carbocycles. The van der Waals surface area contributed by atoms with E-state index in [1.165, 1.54) is 6.92 Å². The van der Waals surface area contributed by atoms with E-state index >= 15 is 0 Å². The summed E-state index contributed by atoms with van der Waals surface area (Å²) in [5, 5.41) is 3.35. The minimum absolute atomic E-state index is 0.261. The number of halogens is 3. The molecule has 0 spiro atoms. The van der Waals surface area contributed by atoms with Crippen molar-refractivity contribution in [2.45, 2.75) is 19.2 Å². The molecule has 5 nitrogen and oxygen atoms in total. The van der Waals surface area contributed by atoms with Crippen LogP contribution in [0.5, 0.6) is 0 Å². The molecule has 1 atom stereocenters. The number of hydrogen-bond donors (Lipinski definition) is 1. The molecule has 1 amide bonds. The monoisotopic (exact) mass is 346 g/mol.